The summed E-state index contributed by atoms with van der Waals surface area (Å²) >= 11 is 0. The molecule has 1 fully saturated rings. The van der Waals surface area contributed by atoms with Crippen LogP contribution in [0.3, 0.4) is 0 Å². The predicted octanol–water partition coefficient (Wildman–Crippen LogP) is 2.30. The second kappa shape index (κ2) is 8.69. The van der Waals surface area contributed by atoms with Crippen LogP contribution in [0, 0.1) is 20.8 Å². The molecule has 1 aromatic carbocycles. The number of amides is 1. The van der Waals surface area contributed by atoms with Gasteiger partial charge in [-0.3, -0.25) is 4.79 Å². The Morgan fingerprint density at radius 1 is 1.26 bits per heavy atom. The van der Waals surface area contributed by atoms with Gasteiger partial charge in [-0.2, -0.15) is 0 Å². The minimum absolute atomic E-state index is 0.0476. The summed E-state index contributed by atoms with van der Waals surface area (Å²) in [5.41, 5.74) is 5.02. The molecule has 2 unspecified atom stereocenters. The van der Waals surface area contributed by atoms with Gasteiger partial charge in [0.25, 0.3) is 5.91 Å². The molecule has 2 N–H and O–H groups in total. The molecule has 1 aromatic heterocycles. The van der Waals surface area contributed by atoms with Crippen molar-refractivity contribution in [2.45, 2.75) is 39.3 Å². The summed E-state index contributed by atoms with van der Waals surface area (Å²) < 4.78 is 13.2. The highest BCUT2D eigenvalue weighted by Crippen LogP contribution is 2.22. The van der Waals surface area contributed by atoms with Crippen molar-refractivity contribution in [2.75, 3.05) is 26.4 Å². The van der Waals surface area contributed by atoms with E-state index in [-0.39, 0.29) is 31.3 Å². The maximum Gasteiger partial charge on any atom is 0.251 e. The lowest BCUT2D eigenvalue weighted by Crippen LogP contribution is -2.50. The number of benzene rings is 1. The van der Waals surface area contributed by atoms with E-state index in [0.717, 1.165) is 22.6 Å². The van der Waals surface area contributed by atoms with Crippen LogP contribution in [0.2, 0.25) is 0 Å². The van der Waals surface area contributed by atoms with E-state index in [1.165, 1.54) is 0 Å². The fourth-order valence-electron chi connectivity index (χ4n) is 3.54. The number of aliphatic hydroxyl groups is 1. The number of aryl methyl sites for hydroxylation is 3. The number of hydrogen-bond donors (Lipinski definition) is 2. The maximum absolute atomic E-state index is 12.9. The molecule has 1 saturated heterocycles. The molecule has 0 saturated carbocycles. The highest BCUT2D eigenvalue weighted by atomic mass is 16.5. The molecule has 27 heavy (non-hydrogen) atoms. The molecule has 1 aliphatic heterocycles. The molecule has 0 bridgehead atoms. The lowest BCUT2D eigenvalue weighted by molar-refractivity contribution is -0.0737. The monoisotopic (exact) mass is 372 g/mol. The van der Waals surface area contributed by atoms with Crippen molar-refractivity contribution in [3.8, 4) is 5.69 Å². The Morgan fingerprint density at radius 2 is 2.00 bits per heavy atom. The highest BCUT2D eigenvalue weighted by molar-refractivity contribution is 5.95. The van der Waals surface area contributed by atoms with Gasteiger partial charge in [0.05, 0.1) is 25.9 Å². The molecule has 146 valence electrons. The number of carbonyl (C=O) groups is 1. The van der Waals surface area contributed by atoms with Crippen molar-refractivity contribution >= 4 is 5.91 Å². The Bertz CT molecular complexity index is 780. The van der Waals surface area contributed by atoms with Crippen LogP contribution in [0.25, 0.3) is 5.69 Å². The summed E-state index contributed by atoms with van der Waals surface area (Å²) in [6.45, 7) is 7.37. The lowest BCUT2D eigenvalue weighted by Gasteiger charge is -2.32. The molecule has 6 nitrogen and oxygen atoms in total. The molecule has 2 heterocycles. The summed E-state index contributed by atoms with van der Waals surface area (Å²) in [7, 11) is 0. The van der Waals surface area contributed by atoms with E-state index in [0.29, 0.717) is 25.2 Å². The van der Waals surface area contributed by atoms with Crippen molar-refractivity contribution in [3.05, 3.63) is 52.8 Å². The predicted molar refractivity (Wildman–Crippen MR) is 103 cm³/mol. The Labute approximate surface area is 160 Å². The van der Waals surface area contributed by atoms with Crippen LogP contribution in [0.4, 0.5) is 0 Å². The van der Waals surface area contributed by atoms with Crippen LogP contribution in [0.5, 0.6) is 0 Å². The first-order valence-corrected chi connectivity index (χ1v) is 9.38. The molecule has 0 aliphatic carbocycles. The number of nitrogens with zero attached hydrogens (tertiary/aromatic N) is 1. The molecule has 1 amide bonds. The van der Waals surface area contributed by atoms with Crippen LogP contribution >= 0.6 is 0 Å². The van der Waals surface area contributed by atoms with Crippen LogP contribution < -0.4 is 5.32 Å². The van der Waals surface area contributed by atoms with Gasteiger partial charge in [0, 0.05) is 29.2 Å². The van der Waals surface area contributed by atoms with Crippen molar-refractivity contribution in [1.82, 2.24) is 9.88 Å². The second-order valence-electron chi connectivity index (χ2n) is 7.03. The standard InChI is InChI=1S/C21H28N2O4/c1-14-4-7-17(12-19(14)23-15(2)5-6-16(23)3)21(25)22-18-8-10-26-13-20(18)27-11-9-24/h4-7,12,18,20,24H,8-11,13H2,1-3H3,(H,22,25). The van der Waals surface area contributed by atoms with E-state index in [1.54, 1.807) is 0 Å². The summed E-state index contributed by atoms with van der Waals surface area (Å²) in [5, 5.41) is 12.1. The first-order chi connectivity index (χ1) is 13.0. The fourth-order valence-corrected chi connectivity index (χ4v) is 3.54. The van der Waals surface area contributed by atoms with Crippen LogP contribution in [0.1, 0.15) is 33.7 Å². The van der Waals surface area contributed by atoms with Crippen molar-refractivity contribution in [3.63, 3.8) is 0 Å². The summed E-state index contributed by atoms with van der Waals surface area (Å²) in [6, 6.07) is 9.79. The van der Waals surface area contributed by atoms with Gasteiger partial charge in [0.15, 0.2) is 0 Å². The normalized spacial score (nSPS) is 19.9. The van der Waals surface area contributed by atoms with Crippen molar-refractivity contribution < 1.29 is 19.4 Å². The quantitative estimate of drug-likeness (QED) is 0.816. The first-order valence-electron chi connectivity index (χ1n) is 9.38. The lowest BCUT2D eigenvalue weighted by atomic mass is 10.0. The van der Waals surface area contributed by atoms with Crippen LogP contribution in [-0.4, -0.2) is 54.2 Å². The second-order valence-corrected chi connectivity index (χ2v) is 7.03. The summed E-state index contributed by atoms with van der Waals surface area (Å²) in [4.78, 5) is 12.9. The van der Waals surface area contributed by atoms with Gasteiger partial charge >= 0.3 is 0 Å². The van der Waals surface area contributed by atoms with Gasteiger partial charge in [-0.15, -0.1) is 0 Å². The Balaban J connectivity index is 1.80. The number of aliphatic hydroxyl groups excluding tert-OH is 1. The van der Waals surface area contributed by atoms with Gasteiger partial charge in [-0.05, 0) is 57.0 Å². The molecule has 2 aromatic rings. The topological polar surface area (TPSA) is 72.7 Å². The zero-order valence-electron chi connectivity index (χ0n) is 16.2. The molecule has 0 radical (unpaired) electrons. The number of nitrogens with one attached hydrogen (secondary N) is 1. The van der Waals surface area contributed by atoms with Crippen LogP contribution in [-0.2, 0) is 9.47 Å². The minimum Gasteiger partial charge on any atom is -0.394 e. The Morgan fingerprint density at radius 3 is 2.70 bits per heavy atom. The molecule has 1 aliphatic rings. The third-order valence-electron chi connectivity index (χ3n) is 5.03. The zero-order chi connectivity index (χ0) is 19.4. The summed E-state index contributed by atoms with van der Waals surface area (Å²) in [5.74, 6) is -0.122. The largest absolute Gasteiger partial charge is 0.394 e. The Kier molecular flexibility index (Phi) is 6.31. The molecule has 2 atom stereocenters. The molecule has 0 spiro atoms. The van der Waals surface area contributed by atoms with E-state index in [4.69, 9.17) is 14.6 Å². The SMILES string of the molecule is Cc1ccc(C(=O)NC2CCOCC2OCCO)cc1-n1c(C)ccc1C. The number of carbonyl (C=O) groups excluding carboxylic acids is 1. The third kappa shape index (κ3) is 4.40. The molecular formula is C21H28N2O4. The number of ether oxygens (including phenoxy) is 2. The zero-order valence-corrected chi connectivity index (χ0v) is 16.2. The number of aromatic nitrogens is 1. The van der Waals surface area contributed by atoms with Gasteiger partial charge < -0.3 is 24.5 Å². The number of rotatable bonds is 6. The molecule has 6 heteroatoms. The third-order valence-corrected chi connectivity index (χ3v) is 5.03. The van der Waals surface area contributed by atoms with Gasteiger partial charge in [-0.25, -0.2) is 0 Å². The fraction of sp³-hybridized carbons (Fsp3) is 0.476. The highest BCUT2D eigenvalue weighted by Gasteiger charge is 2.28. The number of hydrogen-bond acceptors (Lipinski definition) is 4. The van der Waals surface area contributed by atoms with Crippen molar-refractivity contribution in [2.24, 2.45) is 0 Å². The average Bonchev–Trinajstić information content (AvgIpc) is 3.00. The maximum atomic E-state index is 12.9. The first kappa shape index (κ1) is 19.6. The Hall–Kier alpha value is -2.15. The summed E-state index contributed by atoms with van der Waals surface area (Å²) in [6.07, 6.45) is 0.449. The van der Waals surface area contributed by atoms with E-state index < -0.39 is 0 Å². The smallest absolute Gasteiger partial charge is 0.251 e. The average molecular weight is 372 g/mol. The van der Waals surface area contributed by atoms with Gasteiger partial charge in [0.2, 0.25) is 0 Å². The van der Waals surface area contributed by atoms with Crippen LogP contribution in [0.15, 0.2) is 30.3 Å². The van der Waals surface area contributed by atoms with Crippen molar-refractivity contribution in [1.29, 1.82) is 0 Å². The van der Waals surface area contributed by atoms with E-state index in [1.807, 2.05) is 25.1 Å². The van der Waals surface area contributed by atoms with E-state index in [2.05, 4.69) is 35.9 Å². The minimum atomic E-state index is -0.242. The van der Waals surface area contributed by atoms with E-state index >= 15 is 0 Å². The molecular weight excluding hydrogens is 344 g/mol. The van der Waals surface area contributed by atoms with E-state index in [9.17, 15) is 4.79 Å². The van der Waals surface area contributed by atoms with Gasteiger partial charge in [0.1, 0.15) is 6.10 Å². The molecule has 3 rings (SSSR count). The van der Waals surface area contributed by atoms with Gasteiger partial charge in [-0.1, -0.05) is 6.07 Å².